The molecule has 4 heteroatoms. The molecular formula is C14H11ClF2O. The minimum Gasteiger partial charge on any atom is -0.489 e. The minimum atomic E-state index is -0.376. The second kappa shape index (κ2) is 5.36. The molecule has 0 aromatic heterocycles. The Bertz CT molecular complexity index is 570. The monoisotopic (exact) mass is 268 g/mol. The summed E-state index contributed by atoms with van der Waals surface area (Å²) >= 11 is 5.78. The number of ether oxygens (including phenoxy) is 1. The van der Waals surface area contributed by atoms with Crippen LogP contribution in [0.3, 0.4) is 0 Å². The molecule has 18 heavy (non-hydrogen) atoms. The summed E-state index contributed by atoms with van der Waals surface area (Å²) in [5.74, 6) is -0.177. The first-order valence-corrected chi connectivity index (χ1v) is 5.77. The Morgan fingerprint density at radius 1 is 1.11 bits per heavy atom. The highest BCUT2D eigenvalue weighted by Gasteiger charge is 2.06. The molecule has 0 saturated carbocycles. The van der Waals surface area contributed by atoms with Crippen LogP contribution in [-0.2, 0) is 6.61 Å². The molecule has 0 bridgehead atoms. The van der Waals surface area contributed by atoms with E-state index in [9.17, 15) is 8.78 Å². The lowest BCUT2D eigenvalue weighted by Crippen LogP contribution is -2.00. The molecule has 0 N–H and O–H groups in total. The van der Waals surface area contributed by atoms with Gasteiger partial charge in [0, 0.05) is 10.6 Å². The van der Waals surface area contributed by atoms with Crippen LogP contribution >= 0.6 is 11.6 Å². The zero-order valence-electron chi connectivity index (χ0n) is 9.71. The summed E-state index contributed by atoms with van der Waals surface area (Å²) in [6, 6.07) is 8.46. The first-order chi connectivity index (χ1) is 8.56. The molecule has 0 radical (unpaired) electrons. The van der Waals surface area contributed by atoms with E-state index in [1.54, 1.807) is 6.92 Å². The van der Waals surface area contributed by atoms with Gasteiger partial charge in [-0.05, 0) is 48.9 Å². The van der Waals surface area contributed by atoms with Gasteiger partial charge < -0.3 is 4.74 Å². The van der Waals surface area contributed by atoms with Gasteiger partial charge >= 0.3 is 0 Å². The van der Waals surface area contributed by atoms with Crippen LogP contribution in [0.25, 0.3) is 0 Å². The fourth-order valence-corrected chi connectivity index (χ4v) is 1.78. The van der Waals surface area contributed by atoms with Gasteiger partial charge in [0.1, 0.15) is 24.0 Å². The minimum absolute atomic E-state index is 0.0544. The Kier molecular flexibility index (Phi) is 3.82. The van der Waals surface area contributed by atoms with Crippen LogP contribution in [-0.4, -0.2) is 0 Å². The number of aryl methyl sites for hydroxylation is 1. The fraction of sp³-hybridized carbons (Fsp3) is 0.143. The molecule has 2 aromatic carbocycles. The van der Waals surface area contributed by atoms with Crippen molar-refractivity contribution in [2.45, 2.75) is 13.5 Å². The maximum absolute atomic E-state index is 13.4. The third-order valence-electron chi connectivity index (χ3n) is 2.53. The van der Waals surface area contributed by atoms with E-state index in [1.165, 1.54) is 36.4 Å². The van der Waals surface area contributed by atoms with E-state index in [1.807, 2.05) is 0 Å². The van der Waals surface area contributed by atoms with Gasteiger partial charge in [-0.2, -0.15) is 0 Å². The Morgan fingerprint density at radius 2 is 1.89 bits per heavy atom. The maximum Gasteiger partial charge on any atom is 0.129 e. The highest BCUT2D eigenvalue weighted by atomic mass is 35.5. The van der Waals surface area contributed by atoms with Crippen molar-refractivity contribution in [3.05, 3.63) is 64.2 Å². The summed E-state index contributed by atoms with van der Waals surface area (Å²) in [5.41, 5.74) is 1.03. The van der Waals surface area contributed by atoms with E-state index >= 15 is 0 Å². The zero-order chi connectivity index (χ0) is 13.1. The SMILES string of the molecule is Cc1cc(F)ccc1OCc1cc(Cl)ccc1F. The second-order valence-electron chi connectivity index (χ2n) is 3.93. The van der Waals surface area contributed by atoms with Gasteiger partial charge in [-0.1, -0.05) is 11.6 Å². The average molecular weight is 269 g/mol. The Morgan fingerprint density at radius 3 is 2.61 bits per heavy atom. The molecule has 0 fully saturated rings. The first kappa shape index (κ1) is 12.8. The highest BCUT2D eigenvalue weighted by molar-refractivity contribution is 6.30. The smallest absolute Gasteiger partial charge is 0.129 e. The Labute approximate surface area is 109 Å². The van der Waals surface area contributed by atoms with Crippen LogP contribution in [0.4, 0.5) is 8.78 Å². The van der Waals surface area contributed by atoms with Crippen LogP contribution in [0, 0.1) is 18.6 Å². The molecular weight excluding hydrogens is 258 g/mol. The summed E-state index contributed by atoms with van der Waals surface area (Å²) in [4.78, 5) is 0. The standard InChI is InChI=1S/C14H11ClF2O/c1-9-6-12(16)3-5-14(9)18-8-10-7-11(15)2-4-13(10)17/h2-7H,8H2,1H3. The third kappa shape index (κ3) is 2.99. The molecule has 2 aromatic rings. The number of hydrogen-bond acceptors (Lipinski definition) is 1. The van der Waals surface area contributed by atoms with Crippen LogP contribution in [0.2, 0.25) is 5.02 Å². The molecule has 94 valence electrons. The van der Waals surface area contributed by atoms with Gasteiger partial charge in [0.2, 0.25) is 0 Å². The molecule has 0 heterocycles. The van der Waals surface area contributed by atoms with E-state index in [-0.39, 0.29) is 18.2 Å². The van der Waals surface area contributed by atoms with E-state index in [0.29, 0.717) is 21.9 Å². The molecule has 1 nitrogen and oxygen atoms in total. The molecule has 0 aliphatic carbocycles. The van der Waals surface area contributed by atoms with Crippen LogP contribution < -0.4 is 4.74 Å². The highest BCUT2D eigenvalue weighted by Crippen LogP contribution is 2.21. The van der Waals surface area contributed by atoms with Crippen molar-refractivity contribution < 1.29 is 13.5 Å². The lowest BCUT2D eigenvalue weighted by molar-refractivity contribution is 0.297. The fourth-order valence-electron chi connectivity index (χ4n) is 1.58. The van der Waals surface area contributed by atoms with Gasteiger partial charge in [-0.3, -0.25) is 0 Å². The number of benzene rings is 2. The quantitative estimate of drug-likeness (QED) is 0.796. The summed E-state index contributed by atoms with van der Waals surface area (Å²) < 4.78 is 31.8. The van der Waals surface area contributed by atoms with E-state index in [4.69, 9.17) is 16.3 Å². The normalized spacial score (nSPS) is 10.4. The van der Waals surface area contributed by atoms with Gasteiger partial charge in [0.15, 0.2) is 0 Å². The first-order valence-electron chi connectivity index (χ1n) is 5.39. The predicted octanol–water partition coefficient (Wildman–Crippen LogP) is 4.51. The Balaban J connectivity index is 2.13. The van der Waals surface area contributed by atoms with Crippen molar-refractivity contribution in [3.63, 3.8) is 0 Å². The molecule has 0 aliphatic heterocycles. The van der Waals surface area contributed by atoms with E-state index in [0.717, 1.165) is 0 Å². The number of hydrogen-bond donors (Lipinski definition) is 0. The maximum atomic E-state index is 13.4. The lowest BCUT2D eigenvalue weighted by Gasteiger charge is -2.10. The molecule has 0 spiro atoms. The van der Waals surface area contributed by atoms with Crippen molar-refractivity contribution in [3.8, 4) is 5.75 Å². The van der Waals surface area contributed by atoms with Gasteiger partial charge in [0.25, 0.3) is 0 Å². The van der Waals surface area contributed by atoms with Crippen molar-refractivity contribution in [2.75, 3.05) is 0 Å². The van der Waals surface area contributed by atoms with Crippen LogP contribution in [0.15, 0.2) is 36.4 Å². The van der Waals surface area contributed by atoms with Gasteiger partial charge in [0.05, 0.1) is 0 Å². The molecule has 0 saturated heterocycles. The summed E-state index contributed by atoms with van der Waals surface area (Å²) in [5, 5.41) is 0.450. The van der Waals surface area contributed by atoms with Gasteiger partial charge in [-0.25, -0.2) is 8.78 Å². The van der Waals surface area contributed by atoms with Gasteiger partial charge in [-0.15, -0.1) is 0 Å². The molecule has 0 atom stereocenters. The van der Waals surface area contributed by atoms with Crippen molar-refractivity contribution >= 4 is 11.6 Å². The molecule has 2 rings (SSSR count). The molecule has 0 unspecified atom stereocenters. The zero-order valence-corrected chi connectivity index (χ0v) is 10.5. The van der Waals surface area contributed by atoms with Crippen molar-refractivity contribution in [1.29, 1.82) is 0 Å². The summed E-state index contributed by atoms with van der Waals surface area (Å²) in [7, 11) is 0. The van der Waals surface area contributed by atoms with Crippen molar-refractivity contribution in [1.82, 2.24) is 0 Å². The topological polar surface area (TPSA) is 9.23 Å². The lowest BCUT2D eigenvalue weighted by atomic mass is 10.2. The summed E-state index contributed by atoms with van der Waals surface area (Å²) in [6.45, 7) is 1.78. The molecule has 0 amide bonds. The van der Waals surface area contributed by atoms with Crippen LogP contribution in [0.5, 0.6) is 5.75 Å². The number of halogens is 3. The predicted molar refractivity (Wildman–Crippen MR) is 66.9 cm³/mol. The van der Waals surface area contributed by atoms with E-state index in [2.05, 4.69) is 0 Å². The van der Waals surface area contributed by atoms with E-state index < -0.39 is 0 Å². The second-order valence-corrected chi connectivity index (χ2v) is 4.37. The average Bonchev–Trinajstić information content (AvgIpc) is 2.32. The number of rotatable bonds is 3. The largest absolute Gasteiger partial charge is 0.489 e. The molecule has 0 aliphatic rings. The third-order valence-corrected chi connectivity index (χ3v) is 2.76. The summed E-state index contributed by atoms with van der Waals surface area (Å²) in [6.07, 6.45) is 0. The Hall–Kier alpha value is -1.61. The van der Waals surface area contributed by atoms with Crippen molar-refractivity contribution in [2.24, 2.45) is 0 Å². The van der Waals surface area contributed by atoms with Crippen LogP contribution in [0.1, 0.15) is 11.1 Å².